The molecule has 2 aliphatic rings. The summed E-state index contributed by atoms with van der Waals surface area (Å²) in [5, 5.41) is 11.0. The average Bonchev–Trinajstić information content (AvgIpc) is 3.06. The van der Waals surface area contributed by atoms with Crippen molar-refractivity contribution in [2.45, 2.75) is 50.7 Å². The lowest BCUT2D eigenvalue weighted by Crippen LogP contribution is -2.15. The van der Waals surface area contributed by atoms with Crippen LogP contribution in [-0.2, 0) is 17.6 Å². The van der Waals surface area contributed by atoms with Crippen LogP contribution in [0.25, 0.3) is 0 Å². The summed E-state index contributed by atoms with van der Waals surface area (Å²) < 4.78 is 11.3. The van der Waals surface area contributed by atoms with Gasteiger partial charge in [-0.2, -0.15) is 0 Å². The minimum atomic E-state index is -0.356. The van der Waals surface area contributed by atoms with E-state index in [2.05, 4.69) is 0 Å². The van der Waals surface area contributed by atoms with Crippen molar-refractivity contribution in [2.24, 2.45) is 0 Å². The van der Waals surface area contributed by atoms with E-state index in [1.165, 1.54) is 5.56 Å². The van der Waals surface area contributed by atoms with Gasteiger partial charge in [0, 0.05) is 24.5 Å². The quantitative estimate of drug-likeness (QED) is 0.907. The normalized spacial score (nSPS) is 22.6. The van der Waals surface area contributed by atoms with Crippen molar-refractivity contribution in [3.05, 3.63) is 28.3 Å². The zero-order chi connectivity index (χ0) is 13.9. The SMILES string of the molecule is OC(CCC1CCCO1)Cc1cc(Cl)cc2c1OCC2. The van der Waals surface area contributed by atoms with E-state index < -0.39 is 0 Å². The van der Waals surface area contributed by atoms with Gasteiger partial charge in [0.15, 0.2) is 0 Å². The van der Waals surface area contributed by atoms with E-state index in [-0.39, 0.29) is 6.10 Å². The van der Waals surface area contributed by atoms with E-state index in [4.69, 9.17) is 21.1 Å². The maximum Gasteiger partial charge on any atom is 0.126 e. The van der Waals surface area contributed by atoms with Crippen molar-refractivity contribution >= 4 is 11.6 Å². The van der Waals surface area contributed by atoms with Crippen LogP contribution in [0.15, 0.2) is 12.1 Å². The molecule has 1 saturated heterocycles. The van der Waals surface area contributed by atoms with Crippen LogP contribution < -0.4 is 4.74 Å². The summed E-state index contributed by atoms with van der Waals surface area (Å²) in [6.07, 6.45) is 5.48. The molecule has 110 valence electrons. The molecular weight excluding hydrogens is 276 g/mol. The lowest BCUT2D eigenvalue weighted by Gasteiger charge is -2.16. The highest BCUT2D eigenvalue weighted by Crippen LogP contribution is 2.34. The fourth-order valence-corrected chi connectivity index (χ4v) is 3.37. The number of halogens is 1. The molecule has 2 aliphatic heterocycles. The Bertz CT molecular complexity index is 469. The van der Waals surface area contributed by atoms with E-state index >= 15 is 0 Å². The van der Waals surface area contributed by atoms with Crippen LogP contribution in [-0.4, -0.2) is 30.5 Å². The molecule has 0 bridgehead atoms. The number of ether oxygens (including phenoxy) is 2. The van der Waals surface area contributed by atoms with Gasteiger partial charge >= 0.3 is 0 Å². The molecule has 0 aliphatic carbocycles. The Morgan fingerprint density at radius 1 is 1.35 bits per heavy atom. The maximum absolute atomic E-state index is 10.2. The summed E-state index contributed by atoms with van der Waals surface area (Å²) in [6.45, 7) is 1.59. The predicted molar refractivity (Wildman–Crippen MR) is 78.6 cm³/mol. The van der Waals surface area contributed by atoms with E-state index in [1.54, 1.807) is 0 Å². The first kappa shape index (κ1) is 14.2. The second-order valence-corrected chi connectivity index (χ2v) is 6.16. The van der Waals surface area contributed by atoms with Crippen molar-refractivity contribution in [2.75, 3.05) is 13.2 Å². The molecule has 3 rings (SSSR count). The molecule has 0 aromatic heterocycles. The Balaban J connectivity index is 1.59. The van der Waals surface area contributed by atoms with Crippen molar-refractivity contribution in [3.63, 3.8) is 0 Å². The summed E-state index contributed by atoms with van der Waals surface area (Å²) in [6, 6.07) is 3.88. The van der Waals surface area contributed by atoms with Gasteiger partial charge < -0.3 is 14.6 Å². The van der Waals surface area contributed by atoms with Crippen molar-refractivity contribution in [1.29, 1.82) is 0 Å². The molecule has 20 heavy (non-hydrogen) atoms. The van der Waals surface area contributed by atoms with Crippen molar-refractivity contribution in [1.82, 2.24) is 0 Å². The largest absolute Gasteiger partial charge is 0.493 e. The molecule has 3 nitrogen and oxygen atoms in total. The molecule has 2 heterocycles. The average molecular weight is 297 g/mol. The number of fused-ring (bicyclic) bond motifs is 1. The van der Waals surface area contributed by atoms with Gasteiger partial charge in [0.25, 0.3) is 0 Å². The molecule has 2 atom stereocenters. The van der Waals surface area contributed by atoms with Crippen LogP contribution in [0.5, 0.6) is 5.75 Å². The van der Waals surface area contributed by atoms with Crippen LogP contribution >= 0.6 is 11.6 Å². The lowest BCUT2D eigenvalue weighted by atomic mass is 9.99. The monoisotopic (exact) mass is 296 g/mol. The molecule has 1 fully saturated rings. The number of benzene rings is 1. The zero-order valence-corrected chi connectivity index (χ0v) is 12.4. The Hall–Kier alpha value is -0.770. The third kappa shape index (κ3) is 3.27. The highest BCUT2D eigenvalue weighted by atomic mass is 35.5. The van der Waals surface area contributed by atoms with Crippen LogP contribution in [0.3, 0.4) is 0 Å². The van der Waals surface area contributed by atoms with E-state index in [0.29, 0.717) is 19.1 Å². The second-order valence-electron chi connectivity index (χ2n) is 5.72. The topological polar surface area (TPSA) is 38.7 Å². The smallest absolute Gasteiger partial charge is 0.126 e. The summed E-state index contributed by atoms with van der Waals surface area (Å²) in [7, 11) is 0. The highest BCUT2D eigenvalue weighted by molar-refractivity contribution is 6.30. The first-order valence-corrected chi connectivity index (χ1v) is 7.84. The number of rotatable bonds is 5. The Morgan fingerprint density at radius 2 is 2.25 bits per heavy atom. The molecule has 2 unspecified atom stereocenters. The Morgan fingerprint density at radius 3 is 3.05 bits per heavy atom. The maximum atomic E-state index is 10.2. The highest BCUT2D eigenvalue weighted by Gasteiger charge is 2.21. The molecule has 1 aromatic rings. The second kappa shape index (κ2) is 6.33. The molecule has 0 amide bonds. The van der Waals surface area contributed by atoms with Crippen LogP contribution in [0, 0.1) is 0 Å². The fourth-order valence-electron chi connectivity index (χ4n) is 3.10. The van der Waals surface area contributed by atoms with Gasteiger partial charge in [-0.1, -0.05) is 11.6 Å². The summed E-state index contributed by atoms with van der Waals surface area (Å²) in [4.78, 5) is 0. The number of aliphatic hydroxyl groups is 1. The third-order valence-corrected chi connectivity index (χ3v) is 4.34. The van der Waals surface area contributed by atoms with Crippen LogP contribution in [0.1, 0.15) is 36.8 Å². The molecule has 4 heteroatoms. The van der Waals surface area contributed by atoms with Gasteiger partial charge in [-0.25, -0.2) is 0 Å². The van der Waals surface area contributed by atoms with E-state index in [1.807, 2.05) is 12.1 Å². The molecule has 0 saturated carbocycles. The van der Waals surface area contributed by atoms with Crippen molar-refractivity contribution in [3.8, 4) is 5.75 Å². The molecule has 0 radical (unpaired) electrons. The van der Waals surface area contributed by atoms with Gasteiger partial charge in [0.05, 0.1) is 18.8 Å². The van der Waals surface area contributed by atoms with Crippen LogP contribution in [0.4, 0.5) is 0 Å². The predicted octanol–water partition coefficient (Wildman–Crippen LogP) is 3.14. The van der Waals surface area contributed by atoms with Crippen molar-refractivity contribution < 1.29 is 14.6 Å². The lowest BCUT2D eigenvalue weighted by molar-refractivity contribution is 0.0811. The van der Waals surface area contributed by atoms with E-state index in [0.717, 1.165) is 55.0 Å². The fraction of sp³-hybridized carbons (Fsp3) is 0.625. The molecule has 1 N–H and O–H groups in total. The molecule has 1 aromatic carbocycles. The summed E-state index contributed by atoms with van der Waals surface area (Å²) >= 11 is 6.14. The molecule has 0 spiro atoms. The minimum Gasteiger partial charge on any atom is -0.493 e. The number of aliphatic hydroxyl groups excluding tert-OH is 1. The van der Waals surface area contributed by atoms with Gasteiger partial charge in [-0.15, -0.1) is 0 Å². The van der Waals surface area contributed by atoms with Gasteiger partial charge in [-0.3, -0.25) is 0 Å². The Kier molecular flexibility index (Phi) is 4.49. The summed E-state index contributed by atoms with van der Waals surface area (Å²) in [5.41, 5.74) is 2.20. The molecular formula is C16H21ClO3. The number of hydrogen-bond donors (Lipinski definition) is 1. The Labute approximate surface area is 124 Å². The minimum absolute atomic E-state index is 0.339. The van der Waals surface area contributed by atoms with Gasteiger partial charge in [0.2, 0.25) is 0 Å². The summed E-state index contributed by atoms with van der Waals surface area (Å²) in [5.74, 6) is 0.936. The van der Waals surface area contributed by atoms with Gasteiger partial charge in [-0.05, 0) is 48.9 Å². The first-order chi connectivity index (χ1) is 9.72. The zero-order valence-electron chi connectivity index (χ0n) is 11.6. The van der Waals surface area contributed by atoms with E-state index in [9.17, 15) is 5.11 Å². The van der Waals surface area contributed by atoms with Crippen LogP contribution in [0.2, 0.25) is 5.02 Å². The third-order valence-electron chi connectivity index (χ3n) is 4.13. The number of hydrogen-bond acceptors (Lipinski definition) is 3. The standard InChI is InChI=1S/C16H21ClO3/c17-13-8-11-5-7-20-16(11)12(9-13)10-14(18)3-4-15-2-1-6-19-15/h8-9,14-15,18H,1-7,10H2. The first-order valence-electron chi connectivity index (χ1n) is 7.46. The van der Waals surface area contributed by atoms with Gasteiger partial charge in [0.1, 0.15) is 5.75 Å².